The van der Waals surface area contributed by atoms with E-state index >= 15 is 0 Å². The average molecular weight is 453 g/mol. The van der Waals surface area contributed by atoms with Crippen molar-refractivity contribution in [3.63, 3.8) is 0 Å². The Bertz CT molecular complexity index is 657. The Morgan fingerprint density at radius 3 is 2.52 bits per heavy atom. The van der Waals surface area contributed by atoms with Crippen molar-refractivity contribution in [3.05, 3.63) is 49.5 Å². The molecule has 2 rings (SSSR count). The second kappa shape index (κ2) is 7.02. The van der Waals surface area contributed by atoms with E-state index < -0.39 is 0 Å². The van der Waals surface area contributed by atoms with E-state index in [1.807, 2.05) is 24.3 Å². The Morgan fingerprint density at radius 2 is 1.90 bits per heavy atom. The third-order valence-corrected chi connectivity index (χ3v) is 5.57. The lowest BCUT2D eigenvalue weighted by molar-refractivity contribution is 0.559. The Morgan fingerprint density at radius 1 is 1.19 bits per heavy atom. The number of hydrogen-bond donors (Lipinski definition) is 0. The van der Waals surface area contributed by atoms with Gasteiger partial charge in [0.2, 0.25) is 0 Å². The molecule has 0 saturated heterocycles. The van der Waals surface area contributed by atoms with E-state index in [1.54, 1.807) is 11.8 Å². The molecule has 6 heteroatoms. The summed E-state index contributed by atoms with van der Waals surface area (Å²) in [5.74, 6) is 1.41. The van der Waals surface area contributed by atoms with Gasteiger partial charge in [0.25, 0.3) is 0 Å². The van der Waals surface area contributed by atoms with Crippen LogP contribution in [-0.2, 0) is 11.2 Å². The molecule has 2 nitrogen and oxygen atoms in total. The third-order valence-electron chi connectivity index (χ3n) is 2.73. The molecule has 0 radical (unpaired) electrons. The molecule has 0 aliphatic heterocycles. The van der Waals surface area contributed by atoms with E-state index in [1.165, 1.54) is 0 Å². The zero-order valence-electron chi connectivity index (χ0n) is 12.0. The van der Waals surface area contributed by atoms with Crippen molar-refractivity contribution < 1.29 is 0 Å². The van der Waals surface area contributed by atoms with Crippen LogP contribution in [0, 0.1) is 3.57 Å². The first-order valence-electron chi connectivity index (χ1n) is 6.38. The molecule has 0 N–H and O–H groups in total. The van der Waals surface area contributed by atoms with Crippen LogP contribution in [-0.4, -0.2) is 9.97 Å². The second-order valence-corrected chi connectivity index (χ2v) is 8.51. The van der Waals surface area contributed by atoms with Crippen molar-refractivity contribution in [2.75, 3.05) is 0 Å². The van der Waals surface area contributed by atoms with Crippen molar-refractivity contribution in [2.45, 2.75) is 36.8 Å². The molecule has 2 aromatic rings. The van der Waals surface area contributed by atoms with E-state index in [0.29, 0.717) is 10.9 Å². The molecule has 1 heterocycles. The van der Waals surface area contributed by atoms with E-state index in [-0.39, 0.29) is 5.41 Å². The maximum absolute atomic E-state index is 6.24. The average Bonchev–Trinajstić information content (AvgIpc) is 2.38. The number of aromatic nitrogens is 2. The van der Waals surface area contributed by atoms with E-state index in [0.717, 1.165) is 25.0 Å². The van der Waals surface area contributed by atoms with Gasteiger partial charge in [0.1, 0.15) is 11.0 Å². The molecular formula is C15H15Cl2IN2S. The molecule has 21 heavy (non-hydrogen) atoms. The van der Waals surface area contributed by atoms with Gasteiger partial charge in [-0.2, -0.15) is 0 Å². The van der Waals surface area contributed by atoms with Crippen molar-refractivity contribution in [1.82, 2.24) is 9.97 Å². The highest BCUT2D eigenvalue weighted by molar-refractivity contribution is 14.1. The van der Waals surface area contributed by atoms with Crippen LogP contribution in [0.1, 0.15) is 32.3 Å². The molecule has 0 fully saturated rings. The van der Waals surface area contributed by atoms with Crippen molar-refractivity contribution in [2.24, 2.45) is 0 Å². The summed E-state index contributed by atoms with van der Waals surface area (Å²) in [6.07, 6.45) is 0. The van der Waals surface area contributed by atoms with Crippen LogP contribution in [0.15, 0.2) is 29.2 Å². The van der Waals surface area contributed by atoms with Gasteiger partial charge in [-0.1, -0.05) is 50.0 Å². The van der Waals surface area contributed by atoms with E-state index in [9.17, 15) is 0 Å². The molecule has 0 aliphatic carbocycles. The molecule has 0 amide bonds. The molecule has 1 aromatic carbocycles. The molecule has 0 unspecified atom stereocenters. The molecule has 0 spiro atoms. The molecule has 0 aliphatic rings. The van der Waals surface area contributed by atoms with Crippen LogP contribution >= 0.6 is 57.6 Å². The number of rotatable bonds is 3. The minimum Gasteiger partial charge on any atom is -0.235 e. The van der Waals surface area contributed by atoms with Crippen LogP contribution in [0.25, 0.3) is 0 Å². The normalized spacial score (nSPS) is 11.7. The highest BCUT2D eigenvalue weighted by atomic mass is 127. The number of hydrogen-bond acceptors (Lipinski definition) is 3. The summed E-state index contributed by atoms with van der Waals surface area (Å²) in [5, 5.41) is 1.26. The third kappa shape index (κ3) is 4.71. The van der Waals surface area contributed by atoms with Gasteiger partial charge >= 0.3 is 0 Å². The van der Waals surface area contributed by atoms with E-state index in [4.69, 9.17) is 23.2 Å². The van der Waals surface area contributed by atoms with Crippen LogP contribution < -0.4 is 0 Å². The number of halogens is 3. The predicted molar refractivity (Wildman–Crippen MR) is 99.5 cm³/mol. The Kier molecular flexibility index (Phi) is 5.79. The Labute approximate surface area is 153 Å². The Hall–Kier alpha value is -0.0400. The van der Waals surface area contributed by atoms with Crippen LogP contribution in [0.3, 0.4) is 0 Å². The fourth-order valence-electron chi connectivity index (χ4n) is 1.73. The second-order valence-electron chi connectivity index (χ2n) is 5.59. The molecule has 0 atom stereocenters. The van der Waals surface area contributed by atoms with Crippen molar-refractivity contribution in [1.29, 1.82) is 0 Å². The van der Waals surface area contributed by atoms with Gasteiger partial charge in [0.15, 0.2) is 0 Å². The zero-order valence-corrected chi connectivity index (χ0v) is 16.4. The van der Waals surface area contributed by atoms with Crippen LogP contribution in [0.2, 0.25) is 10.2 Å². The lowest BCUT2D eigenvalue weighted by Crippen LogP contribution is -2.18. The zero-order chi connectivity index (χ0) is 15.6. The topological polar surface area (TPSA) is 25.8 Å². The van der Waals surface area contributed by atoms with Gasteiger partial charge in [0, 0.05) is 15.3 Å². The lowest BCUT2D eigenvalue weighted by Gasteiger charge is -2.20. The van der Waals surface area contributed by atoms with Crippen LogP contribution in [0.4, 0.5) is 0 Å². The Balaban J connectivity index is 2.23. The molecule has 1 aromatic heterocycles. The fourth-order valence-corrected chi connectivity index (χ4v) is 4.03. The monoisotopic (exact) mass is 452 g/mol. The molecule has 0 saturated carbocycles. The summed E-state index contributed by atoms with van der Waals surface area (Å²) in [5.41, 5.74) is 0.934. The highest BCUT2D eigenvalue weighted by Crippen LogP contribution is 2.31. The first-order valence-corrected chi connectivity index (χ1v) is 9.20. The summed E-state index contributed by atoms with van der Waals surface area (Å²) in [4.78, 5) is 10.2. The van der Waals surface area contributed by atoms with Gasteiger partial charge in [-0.3, -0.25) is 0 Å². The van der Waals surface area contributed by atoms with Gasteiger partial charge in [-0.05, 0) is 40.8 Å². The fraction of sp³-hybridized carbons (Fsp3) is 0.333. The minimum absolute atomic E-state index is 0.0570. The summed E-state index contributed by atoms with van der Waals surface area (Å²) in [6, 6.07) is 7.76. The summed E-state index contributed by atoms with van der Waals surface area (Å²) >= 11 is 16.1. The van der Waals surface area contributed by atoms with Crippen molar-refractivity contribution >= 4 is 57.6 Å². The van der Waals surface area contributed by atoms with E-state index in [2.05, 4.69) is 53.3 Å². The molecule has 0 bridgehead atoms. The number of thioether (sulfide) groups is 1. The quantitative estimate of drug-likeness (QED) is 0.325. The maximum Gasteiger partial charge on any atom is 0.146 e. The van der Waals surface area contributed by atoms with Gasteiger partial charge in [-0.25, -0.2) is 9.97 Å². The summed E-state index contributed by atoms with van der Waals surface area (Å²) < 4.78 is 0.929. The van der Waals surface area contributed by atoms with Gasteiger partial charge in [-0.15, -0.1) is 11.8 Å². The van der Waals surface area contributed by atoms with Crippen molar-refractivity contribution in [3.8, 4) is 0 Å². The molecular weight excluding hydrogens is 438 g/mol. The summed E-state index contributed by atoms with van der Waals surface area (Å²) in [7, 11) is 0. The lowest BCUT2D eigenvalue weighted by atomic mass is 9.92. The first kappa shape index (κ1) is 17.3. The highest BCUT2D eigenvalue weighted by Gasteiger charge is 2.22. The first-order chi connectivity index (χ1) is 9.77. The standard InChI is InChI=1S/C15H15Cl2IN2S/c1-15(2,3)13-12(18)14(17)20-11(19-13)8-21-10-6-4-5-9(16)7-10/h4-7H,8H2,1-3H3. The summed E-state index contributed by atoms with van der Waals surface area (Å²) in [6.45, 7) is 6.38. The van der Waals surface area contributed by atoms with Crippen LogP contribution in [0.5, 0.6) is 0 Å². The smallest absolute Gasteiger partial charge is 0.146 e. The number of benzene rings is 1. The predicted octanol–water partition coefficient (Wildman–Crippen LogP) is 5.98. The molecule has 112 valence electrons. The largest absolute Gasteiger partial charge is 0.235 e. The maximum atomic E-state index is 6.24. The van der Waals surface area contributed by atoms with Gasteiger partial charge < -0.3 is 0 Å². The SMILES string of the molecule is CC(C)(C)c1nc(CSc2cccc(Cl)c2)nc(Cl)c1I. The van der Waals surface area contributed by atoms with Gasteiger partial charge in [0.05, 0.1) is 15.0 Å². The minimum atomic E-state index is -0.0570. The number of nitrogens with zero attached hydrogens (tertiary/aromatic N) is 2.